The summed E-state index contributed by atoms with van der Waals surface area (Å²) < 4.78 is 44.1. The second kappa shape index (κ2) is 23.0. The highest BCUT2D eigenvalue weighted by atomic mass is 16.5. The summed E-state index contributed by atoms with van der Waals surface area (Å²) in [7, 11) is 3.17. The molecule has 87 heavy (non-hydrogen) atoms. The Bertz CT molecular complexity index is 4750. The highest BCUT2D eigenvalue weighted by Gasteiger charge is 2.35. The predicted octanol–water partition coefficient (Wildman–Crippen LogP) is 17.7. The molecule has 13 aromatic carbocycles. The second-order valence-electron chi connectivity index (χ2n) is 22.6. The average Bonchev–Trinajstić information content (AvgIpc) is 0.685. The van der Waals surface area contributed by atoms with Crippen LogP contribution in [0.3, 0.4) is 0 Å². The number of ether oxygens (including phenoxy) is 7. The zero-order valence-corrected chi connectivity index (χ0v) is 48.5. The summed E-state index contributed by atoms with van der Waals surface area (Å²) in [6, 6.07) is 65.4. The highest BCUT2D eigenvalue weighted by molar-refractivity contribution is 6.49. The Hall–Kier alpha value is -10.8. The maximum absolute atomic E-state index is 15.5. The van der Waals surface area contributed by atoms with E-state index in [9.17, 15) is 0 Å². The van der Waals surface area contributed by atoms with Gasteiger partial charge < -0.3 is 33.2 Å². The van der Waals surface area contributed by atoms with E-state index in [-0.39, 0.29) is 70.6 Å². The smallest absolute Gasteiger partial charge is 0.339 e. The SMILES string of the molecule is COc1ccc(-c2cc(C(=O)OCc3ccccc3)c3c(C(=O)OCc4ccccc4)cc4c5ccc(OC)cc5c5cc(C(=O)OCc6ccccc6)c6c(C(=O)OCc7ccccc7)cc(Oc7ccc(C(C)(C)C)cc7)c7c2c3c4c5c67)cc1. The standard InChI is InChI=1S/C76H58O11/c1-76(2,3)50-28-32-52(33-29-50)87-63-40-62(75(80)86-44-48-24-16-9-17-25-48)65-61(74(79)85-43-47-22-14-8-15-23-47)39-58-56-36-53(82-5)34-35-54(56)57-38-60(73(78)84-42-46-20-12-7-13-21-46)64-59(72(77)83-41-45-18-10-6-11-19-45)37-55(49-26-30-51(81-4)31-27-49)66-69(63)71(65)68(58)67(57)70(64)66/h6-40H,41-44H2,1-5H3. The molecule has 0 saturated heterocycles. The predicted molar refractivity (Wildman–Crippen MR) is 340 cm³/mol. The molecule has 428 valence electrons. The lowest BCUT2D eigenvalue weighted by Gasteiger charge is -2.27. The third-order valence-electron chi connectivity index (χ3n) is 16.2. The maximum atomic E-state index is 15.5. The zero-order valence-electron chi connectivity index (χ0n) is 48.5. The minimum atomic E-state index is -0.729. The Labute approximate surface area is 501 Å². The first-order valence-electron chi connectivity index (χ1n) is 28.7. The van der Waals surface area contributed by atoms with Crippen molar-refractivity contribution in [2.24, 2.45) is 0 Å². The number of carbonyl (C=O) groups excluding carboxylic acids is 4. The molecule has 0 spiro atoms. The summed E-state index contributed by atoms with van der Waals surface area (Å²) in [6.07, 6.45) is 0. The van der Waals surface area contributed by atoms with Crippen LogP contribution < -0.4 is 14.2 Å². The molecule has 11 heteroatoms. The van der Waals surface area contributed by atoms with Gasteiger partial charge in [0.15, 0.2) is 0 Å². The number of fused-ring (bicyclic) bond motifs is 4. The first-order chi connectivity index (χ1) is 42.3. The molecule has 0 aromatic heterocycles. The highest BCUT2D eigenvalue weighted by Crippen LogP contribution is 2.56. The van der Waals surface area contributed by atoms with Crippen LogP contribution in [0.15, 0.2) is 212 Å². The van der Waals surface area contributed by atoms with Crippen molar-refractivity contribution in [3.8, 4) is 34.1 Å². The Morgan fingerprint density at radius 3 is 1.16 bits per heavy atom. The fourth-order valence-electron chi connectivity index (χ4n) is 11.9. The fraction of sp³-hybridized carbons (Fsp3) is 0.132. The van der Waals surface area contributed by atoms with Crippen LogP contribution in [0.5, 0.6) is 23.0 Å². The molecule has 0 bridgehead atoms. The molecule has 0 aliphatic heterocycles. The van der Waals surface area contributed by atoms with E-state index in [0.29, 0.717) is 82.2 Å². The van der Waals surface area contributed by atoms with Crippen LogP contribution in [0.2, 0.25) is 0 Å². The summed E-state index contributed by atoms with van der Waals surface area (Å²) in [5.74, 6) is -1.06. The monoisotopic (exact) mass is 1150 g/mol. The van der Waals surface area contributed by atoms with Gasteiger partial charge in [0.05, 0.1) is 36.5 Å². The Morgan fingerprint density at radius 2 is 0.724 bits per heavy atom. The van der Waals surface area contributed by atoms with Gasteiger partial charge in [-0.1, -0.05) is 172 Å². The van der Waals surface area contributed by atoms with Gasteiger partial charge in [-0.15, -0.1) is 0 Å². The molecular weight excluding hydrogens is 1090 g/mol. The molecule has 0 saturated carbocycles. The van der Waals surface area contributed by atoms with Gasteiger partial charge in [0.2, 0.25) is 0 Å². The molecule has 0 aliphatic rings. The van der Waals surface area contributed by atoms with Gasteiger partial charge in [-0.05, 0) is 137 Å². The van der Waals surface area contributed by atoms with E-state index in [0.717, 1.165) is 27.8 Å². The number of hydrogen-bond acceptors (Lipinski definition) is 11. The van der Waals surface area contributed by atoms with Crippen LogP contribution in [-0.4, -0.2) is 38.1 Å². The quantitative estimate of drug-likeness (QED) is 0.0373. The third-order valence-corrected chi connectivity index (χ3v) is 16.2. The van der Waals surface area contributed by atoms with Crippen LogP contribution >= 0.6 is 0 Å². The summed E-state index contributed by atoms with van der Waals surface area (Å²) in [6.45, 7) is 6.10. The van der Waals surface area contributed by atoms with Crippen molar-refractivity contribution in [2.75, 3.05) is 14.2 Å². The van der Waals surface area contributed by atoms with E-state index in [1.807, 2.05) is 188 Å². The molecule has 13 aromatic rings. The van der Waals surface area contributed by atoms with Crippen LogP contribution in [0.4, 0.5) is 0 Å². The number of esters is 4. The lowest BCUT2D eigenvalue weighted by Crippen LogP contribution is -2.14. The van der Waals surface area contributed by atoms with Crippen molar-refractivity contribution in [1.82, 2.24) is 0 Å². The van der Waals surface area contributed by atoms with Crippen molar-refractivity contribution in [3.63, 3.8) is 0 Å². The molecule has 0 heterocycles. The van der Waals surface area contributed by atoms with Gasteiger partial charge in [0, 0.05) is 32.3 Å². The van der Waals surface area contributed by atoms with Gasteiger partial charge in [0.25, 0.3) is 0 Å². The number of benzene rings is 13. The molecule has 0 amide bonds. The Balaban J connectivity index is 1.23. The molecule has 13 rings (SSSR count). The number of methoxy groups -OCH3 is 2. The molecule has 0 N–H and O–H groups in total. The van der Waals surface area contributed by atoms with Crippen molar-refractivity contribution < 1.29 is 52.3 Å². The van der Waals surface area contributed by atoms with Crippen LogP contribution in [-0.2, 0) is 50.8 Å². The molecule has 0 atom stereocenters. The third kappa shape index (κ3) is 10.5. The van der Waals surface area contributed by atoms with Crippen molar-refractivity contribution in [2.45, 2.75) is 52.6 Å². The van der Waals surface area contributed by atoms with E-state index >= 15 is 19.2 Å². The molecule has 11 nitrogen and oxygen atoms in total. The first-order valence-corrected chi connectivity index (χ1v) is 28.7. The average molecular weight is 1150 g/mol. The summed E-state index contributed by atoms with van der Waals surface area (Å²) in [5.41, 5.74) is 5.38. The van der Waals surface area contributed by atoms with Crippen LogP contribution in [0.25, 0.3) is 75.8 Å². The van der Waals surface area contributed by atoms with E-state index in [4.69, 9.17) is 33.2 Å². The van der Waals surface area contributed by atoms with Crippen molar-refractivity contribution >= 4 is 88.5 Å². The van der Waals surface area contributed by atoms with E-state index < -0.39 is 23.9 Å². The Morgan fingerprint density at radius 1 is 0.333 bits per heavy atom. The first kappa shape index (κ1) is 55.4. The van der Waals surface area contributed by atoms with E-state index in [1.54, 1.807) is 38.5 Å². The lowest BCUT2D eigenvalue weighted by molar-refractivity contribution is 0.0458. The molecular formula is C76H58O11. The second-order valence-corrected chi connectivity index (χ2v) is 22.6. The molecule has 0 aliphatic carbocycles. The minimum absolute atomic E-state index is 0.0337. The van der Waals surface area contributed by atoms with Crippen LogP contribution in [0, 0.1) is 0 Å². The summed E-state index contributed by atoms with van der Waals surface area (Å²) in [4.78, 5) is 62.1. The fourth-order valence-corrected chi connectivity index (χ4v) is 11.9. The molecule has 0 fully saturated rings. The number of carbonyl (C=O) groups is 4. The normalized spacial score (nSPS) is 11.6. The van der Waals surface area contributed by atoms with Crippen molar-refractivity contribution in [3.05, 3.63) is 262 Å². The topological polar surface area (TPSA) is 133 Å². The van der Waals surface area contributed by atoms with E-state index in [2.05, 4.69) is 20.8 Å². The number of hydrogen-bond donors (Lipinski definition) is 0. The Kier molecular flexibility index (Phi) is 14.6. The lowest BCUT2D eigenvalue weighted by atomic mass is 9.77. The van der Waals surface area contributed by atoms with Gasteiger partial charge in [0.1, 0.15) is 49.4 Å². The minimum Gasteiger partial charge on any atom is -0.497 e. The molecule has 0 radical (unpaired) electrons. The maximum Gasteiger partial charge on any atom is 0.339 e. The molecule has 0 unspecified atom stereocenters. The summed E-state index contributed by atoms with van der Waals surface area (Å²) >= 11 is 0. The van der Waals surface area contributed by atoms with Gasteiger partial charge in [-0.2, -0.15) is 0 Å². The van der Waals surface area contributed by atoms with E-state index in [1.165, 1.54) is 0 Å². The van der Waals surface area contributed by atoms with Gasteiger partial charge >= 0.3 is 23.9 Å². The van der Waals surface area contributed by atoms with Crippen molar-refractivity contribution in [1.29, 1.82) is 0 Å². The van der Waals surface area contributed by atoms with Crippen LogP contribution in [0.1, 0.15) is 90.0 Å². The largest absolute Gasteiger partial charge is 0.497 e. The summed E-state index contributed by atoms with van der Waals surface area (Å²) in [5, 5.41) is 6.21. The van der Waals surface area contributed by atoms with Gasteiger partial charge in [-0.3, -0.25) is 0 Å². The number of rotatable bonds is 17. The van der Waals surface area contributed by atoms with Gasteiger partial charge in [-0.25, -0.2) is 19.2 Å². The zero-order chi connectivity index (χ0) is 59.9.